The number of nitrogens with one attached hydrogen (secondary N) is 1. The molecule has 1 aliphatic rings. The molecule has 1 aliphatic heterocycles. The largest absolute Gasteiger partial charge is 0.382 e. The standard InChI is InChI=1S/C11H16N2/c1-7-8(2)13-10-6-4-3-5-9(10)11(7)12/h3-8,11,13H,12H2,1-2H3. The zero-order chi connectivity index (χ0) is 9.42. The Hall–Kier alpha value is -1.02. The fourth-order valence-electron chi connectivity index (χ4n) is 1.89. The van der Waals surface area contributed by atoms with E-state index in [4.69, 9.17) is 5.73 Å². The van der Waals surface area contributed by atoms with Crippen LogP contribution in [0, 0.1) is 5.92 Å². The molecule has 2 rings (SSSR count). The van der Waals surface area contributed by atoms with E-state index in [1.54, 1.807) is 0 Å². The van der Waals surface area contributed by atoms with Crippen molar-refractivity contribution < 1.29 is 0 Å². The minimum absolute atomic E-state index is 0.174. The van der Waals surface area contributed by atoms with Gasteiger partial charge in [-0.3, -0.25) is 0 Å². The van der Waals surface area contributed by atoms with Gasteiger partial charge in [0.05, 0.1) is 0 Å². The summed E-state index contributed by atoms with van der Waals surface area (Å²) < 4.78 is 0. The molecule has 0 radical (unpaired) electrons. The number of hydrogen-bond donors (Lipinski definition) is 2. The second kappa shape index (κ2) is 3.04. The number of nitrogens with two attached hydrogens (primary N) is 1. The van der Waals surface area contributed by atoms with Crippen LogP contribution in [0.4, 0.5) is 5.69 Å². The van der Waals surface area contributed by atoms with E-state index in [1.807, 2.05) is 12.1 Å². The van der Waals surface area contributed by atoms with Gasteiger partial charge in [0.2, 0.25) is 0 Å². The Morgan fingerprint density at radius 2 is 1.92 bits per heavy atom. The van der Waals surface area contributed by atoms with E-state index >= 15 is 0 Å². The Morgan fingerprint density at radius 1 is 1.23 bits per heavy atom. The second-order valence-corrected chi connectivity index (χ2v) is 3.91. The zero-order valence-electron chi connectivity index (χ0n) is 8.12. The molecule has 3 N–H and O–H groups in total. The number of anilines is 1. The third-order valence-electron chi connectivity index (χ3n) is 3.06. The van der Waals surface area contributed by atoms with Gasteiger partial charge in [0.1, 0.15) is 0 Å². The van der Waals surface area contributed by atoms with Gasteiger partial charge >= 0.3 is 0 Å². The summed E-state index contributed by atoms with van der Waals surface area (Å²) in [5.41, 5.74) is 8.58. The molecule has 70 valence electrons. The Morgan fingerprint density at radius 3 is 2.69 bits per heavy atom. The van der Waals surface area contributed by atoms with Crippen LogP contribution in [-0.2, 0) is 0 Å². The quantitative estimate of drug-likeness (QED) is 0.635. The molecule has 2 nitrogen and oxygen atoms in total. The minimum Gasteiger partial charge on any atom is -0.382 e. The first kappa shape index (κ1) is 8.57. The van der Waals surface area contributed by atoms with Crippen molar-refractivity contribution in [2.24, 2.45) is 11.7 Å². The van der Waals surface area contributed by atoms with Gasteiger partial charge < -0.3 is 11.1 Å². The molecule has 2 heteroatoms. The average Bonchev–Trinajstić information content (AvgIpc) is 2.15. The van der Waals surface area contributed by atoms with E-state index in [1.165, 1.54) is 11.3 Å². The van der Waals surface area contributed by atoms with Crippen molar-refractivity contribution in [2.45, 2.75) is 25.9 Å². The third kappa shape index (κ3) is 1.31. The monoisotopic (exact) mass is 176 g/mol. The van der Waals surface area contributed by atoms with Crippen molar-refractivity contribution in [2.75, 3.05) is 5.32 Å². The second-order valence-electron chi connectivity index (χ2n) is 3.91. The van der Waals surface area contributed by atoms with E-state index in [2.05, 4.69) is 31.3 Å². The van der Waals surface area contributed by atoms with Gasteiger partial charge in [-0.15, -0.1) is 0 Å². The molecular formula is C11H16N2. The molecule has 0 aliphatic carbocycles. The molecule has 3 atom stereocenters. The summed E-state index contributed by atoms with van der Waals surface area (Å²) >= 11 is 0. The molecule has 13 heavy (non-hydrogen) atoms. The molecule has 0 amide bonds. The Balaban J connectivity index is 2.43. The normalized spacial score (nSPS) is 32.1. The lowest BCUT2D eigenvalue weighted by Gasteiger charge is -2.35. The lowest BCUT2D eigenvalue weighted by atomic mass is 9.85. The summed E-state index contributed by atoms with van der Waals surface area (Å²) in [5, 5.41) is 3.46. The van der Waals surface area contributed by atoms with Gasteiger partial charge in [0.15, 0.2) is 0 Å². The lowest BCUT2D eigenvalue weighted by molar-refractivity contribution is 0.407. The first-order valence-corrected chi connectivity index (χ1v) is 4.81. The predicted octanol–water partition coefficient (Wildman–Crippen LogP) is 2.14. The Kier molecular flexibility index (Phi) is 2.00. The molecule has 0 aromatic heterocycles. The van der Waals surface area contributed by atoms with Gasteiger partial charge in [-0.05, 0) is 24.5 Å². The summed E-state index contributed by atoms with van der Waals surface area (Å²) in [5.74, 6) is 0.495. The van der Waals surface area contributed by atoms with E-state index in [9.17, 15) is 0 Å². The predicted molar refractivity (Wildman–Crippen MR) is 55.6 cm³/mol. The van der Waals surface area contributed by atoms with Crippen LogP contribution in [0.15, 0.2) is 24.3 Å². The highest BCUT2D eigenvalue weighted by atomic mass is 15.0. The van der Waals surface area contributed by atoms with Crippen molar-refractivity contribution in [3.8, 4) is 0 Å². The van der Waals surface area contributed by atoms with Crippen LogP contribution in [0.3, 0.4) is 0 Å². The summed E-state index contributed by atoms with van der Waals surface area (Å²) in [7, 11) is 0. The summed E-state index contributed by atoms with van der Waals surface area (Å²) in [6.07, 6.45) is 0. The number of rotatable bonds is 0. The van der Waals surface area contributed by atoms with E-state index in [-0.39, 0.29) is 6.04 Å². The smallest absolute Gasteiger partial charge is 0.0390 e. The maximum Gasteiger partial charge on any atom is 0.0390 e. The minimum atomic E-state index is 0.174. The fraction of sp³-hybridized carbons (Fsp3) is 0.455. The SMILES string of the molecule is CC1Nc2ccccc2C(N)C1C. The molecule has 0 spiro atoms. The van der Waals surface area contributed by atoms with Crippen molar-refractivity contribution >= 4 is 5.69 Å². The molecule has 0 fully saturated rings. The van der Waals surface area contributed by atoms with Gasteiger partial charge in [0.25, 0.3) is 0 Å². The molecular weight excluding hydrogens is 160 g/mol. The lowest BCUT2D eigenvalue weighted by Crippen LogP contribution is -2.37. The van der Waals surface area contributed by atoms with E-state index in [0.29, 0.717) is 12.0 Å². The first-order chi connectivity index (χ1) is 6.20. The first-order valence-electron chi connectivity index (χ1n) is 4.81. The van der Waals surface area contributed by atoms with E-state index in [0.717, 1.165) is 0 Å². The van der Waals surface area contributed by atoms with Crippen molar-refractivity contribution in [1.82, 2.24) is 0 Å². The van der Waals surface area contributed by atoms with Gasteiger partial charge in [-0.1, -0.05) is 25.1 Å². The van der Waals surface area contributed by atoms with Crippen LogP contribution in [0.1, 0.15) is 25.5 Å². The number of hydrogen-bond acceptors (Lipinski definition) is 2. The average molecular weight is 176 g/mol. The Labute approximate surface area is 79.1 Å². The van der Waals surface area contributed by atoms with Crippen LogP contribution in [0.2, 0.25) is 0 Å². The van der Waals surface area contributed by atoms with Crippen LogP contribution in [0.25, 0.3) is 0 Å². The maximum atomic E-state index is 6.14. The molecule has 1 aromatic rings. The van der Waals surface area contributed by atoms with Gasteiger partial charge in [-0.2, -0.15) is 0 Å². The zero-order valence-corrected chi connectivity index (χ0v) is 8.12. The van der Waals surface area contributed by atoms with Crippen molar-refractivity contribution in [3.05, 3.63) is 29.8 Å². The van der Waals surface area contributed by atoms with Crippen LogP contribution in [-0.4, -0.2) is 6.04 Å². The Bertz CT molecular complexity index is 309. The van der Waals surface area contributed by atoms with Gasteiger partial charge in [0, 0.05) is 17.8 Å². The highest BCUT2D eigenvalue weighted by Gasteiger charge is 2.27. The van der Waals surface area contributed by atoms with Crippen molar-refractivity contribution in [3.63, 3.8) is 0 Å². The molecule has 3 unspecified atom stereocenters. The maximum absolute atomic E-state index is 6.14. The highest BCUT2D eigenvalue weighted by Crippen LogP contribution is 2.34. The number of benzene rings is 1. The van der Waals surface area contributed by atoms with E-state index < -0.39 is 0 Å². The van der Waals surface area contributed by atoms with Crippen LogP contribution >= 0.6 is 0 Å². The number of para-hydroxylation sites is 1. The number of fused-ring (bicyclic) bond motifs is 1. The summed E-state index contributed by atoms with van der Waals surface area (Å²) in [6, 6.07) is 8.93. The molecule has 1 heterocycles. The highest BCUT2D eigenvalue weighted by molar-refractivity contribution is 5.55. The van der Waals surface area contributed by atoms with Crippen LogP contribution in [0.5, 0.6) is 0 Å². The summed E-state index contributed by atoms with van der Waals surface area (Å²) in [6.45, 7) is 4.37. The van der Waals surface area contributed by atoms with Crippen molar-refractivity contribution in [1.29, 1.82) is 0 Å². The summed E-state index contributed by atoms with van der Waals surface area (Å²) in [4.78, 5) is 0. The van der Waals surface area contributed by atoms with Crippen LogP contribution < -0.4 is 11.1 Å². The molecule has 1 aromatic carbocycles. The van der Waals surface area contributed by atoms with Gasteiger partial charge in [-0.25, -0.2) is 0 Å². The molecule has 0 bridgehead atoms. The third-order valence-corrected chi connectivity index (χ3v) is 3.06. The topological polar surface area (TPSA) is 38.0 Å². The fourth-order valence-corrected chi connectivity index (χ4v) is 1.89. The molecule has 0 saturated heterocycles. The molecule has 0 saturated carbocycles.